The second-order valence-electron chi connectivity index (χ2n) is 10.5. The minimum absolute atomic E-state index is 0.00551. The van der Waals surface area contributed by atoms with Crippen LogP contribution in [-0.4, -0.2) is 189 Å². The number of aliphatic hydroxyl groups is 8. The molecule has 0 spiro atoms. The van der Waals surface area contributed by atoms with Crippen LogP contribution in [0.1, 0.15) is 41.4 Å². The summed E-state index contributed by atoms with van der Waals surface area (Å²) in [5.74, 6) is -2.84. The number of aliphatic hydroxyl groups excluding tert-OH is 8. The van der Waals surface area contributed by atoms with Gasteiger partial charge in [0, 0.05) is 52.4 Å². The smallest absolute Gasteiger partial charge is 0.254 e. The Bertz CT molecular complexity index is 1250. The number of carbonyl (C=O) groups excluding carboxylic acids is 4. The number of rotatable bonds is 22. The quantitative estimate of drug-likeness (QED) is 0.0620. The molecule has 0 aliphatic carbocycles. The second kappa shape index (κ2) is 21.7. The maximum atomic E-state index is 13.6. The van der Waals surface area contributed by atoms with Crippen LogP contribution < -0.4 is 4.74 Å². The summed E-state index contributed by atoms with van der Waals surface area (Å²) < 4.78 is 5.99. The van der Waals surface area contributed by atoms with Gasteiger partial charge in [-0.25, -0.2) is 0 Å². The molecule has 49 heavy (non-hydrogen) atoms. The Morgan fingerprint density at radius 2 is 0.612 bits per heavy atom. The van der Waals surface area contributed by atoms with E-state index in [1.54, 1.807) is 0 Å². The molecule has 272 valence electrons. The molecule has 17 nitrogen and oxygen atoms in total. The number of carbonyl (C=O) groups is 4. The SMILES string of the molecule is O=C(c1ccc(Oc2ccc(C(=O)N(CCO)CCO)c(C(=O)N(CCO)CCO)c2)cc1C(=O)N(CCO)CCO)N(CCO)CCO. The van der Waals surface area contributed by atoms with Crippen molar-refractivity contribution in [3.8, 4) is 11.5 Å². The molecule has 17 heteroatoms. The van der Waals surface area contributed by atoms with Gasteiger partial charge in [-0.1, -0.05) is 0 Å². The van der Waals surface area contributed by atoms with E-state index in [0.29, 0.717) is 0 Å². The van der Waals surface area contributed by atoms with Gasteiger partial charge in [0.05, 0.1) is 75.1 Å². The lowest BCUT2D eigenvalue weighted by Gasteiger charge is -2.26. The zero-order valence-corrected chi connectivity index (χ0v) is 27.2. The predicted octanol–water partition coefficient (Wildman–Crippen LogP) is -2.81. The summed E-state index contributed by atoms with van der Waals surface area (Å²) >= 11 is 0. The van der Waals surface area contributed by atoms with E-state index >= 15 is 0 Å². The van der Waals surface area contributed by atoms with E-state index in [0.717, 1.165) is 19.6 Å². The van der Waals surface area contributed by atoms with Gasteiger partial charge in [-0.3, -0.25) is 19.2 Å². The highest BCUT2D eigenvalue weighted by Crippen LogP contribution is 2.29. The van der Waals surface area contributed by atoms with Crippen molar-refractivity contribution in [2.75, 3.05) is 105 Å². The fourth-order valence-electron chi connectivity index (χ4n) is 4.94. The molecule has 2 rings (SSSR count). The molecule has 0 unspecified atom stereocenters. The van der Waals surface area contributed by atoms with Gasteiger partial charge >= 0.3 is 0 Å². The van der Waals surface area contributed by atoms with Crippen molar-refractivity contribution >= 4 is 23.6 Å². The molecule has 0 aliphatic heterocycles. The van der Waals surface area contributed by atoms with Crippen molar-refractivity contribution in [2.45, 2.75) is 0 Å². The van der Waals surface area contributed by atoms with Gasteiger partial charge < -0.3 is 65.2 Å². The van der Waals surface area contributed by atoms with Crippen molar-refractivity contribution in [1.82, 2.24) is 19.6 Å². The molecule has 0 aromatic heterocycles. The summed E-state index contributed by atoms with van der Waals surface area (Å²) in [6.07, 6.45) is 0. The monoisotopic (exact) mass is 694 g/mol. The van der Waals surface area contributed by atoms with E-state index in [-0.39, 0.29) is 86.1 Å². The summed E-state index contributed by atoms with van der Waals surface area (Å²) in [5, 5.41) is 75.8. The third kappa shape index (κ3) is 11.4. The number of benzene rings is 2. The molecule has 0 aliphatic rings. The highest BCUT2D eigenvalue weighted by Gasteiger charge is 2.28. The average Bonchev–Trinajstić information content (AvgIpc) is 3.10. The first-order chi connectivity index (χ1) is 23.6. The highest BCUT2D eigenvalue weighted by molar-refractivity contribution is 6.08. The Labute approximate surface area is 283 Å². The van der Waals surface area contributed by atoms with Crippen molar-refractivity contribution in [1.29, 1.82) is 0 Å². The molecule has 4 amide bonds. The lowest BCUT2D eigenvalue weighted by Crippen LogP contribution is -2.39. The molecule has 2 aromatic rings. The number of nitrogens with zero attached hydrogens (tertiary/aromatic N) is 4. The zero-order chi connectivity index (χ0) is 36.3. The molecule has 0 heterocycles. The van der Waals surface area contributed by atoms with Gasteiger partial charge in [-0.05, 0) is 36.4 Å². The predicted molar refractivity (Wildman–Crippen MR) is 173 cm³/mol. The molecule has 0 radical (unpaired) electrons. The first-order valence-corrected chi connectivity index (χ1v) is 15.7. The topological polar surface area (TPSA) is 252 Å². The Kier molecular flexibility index (Phi) is 18.1. The van der Waals surface area contributed by atoms with Crippen molar-refractivity contribution < 1.29 is 64.8 Å². The molecule has 0 saturated carbocycles. The van der Waals surface area contributed by atoms with Gasteiger partial charge in [-0.15, -0.1) is 0 Å². The van der Waals surface area contributed by atoms with Crippen LogP contribution in [0, 0.1) is 0 Å². The van der Waals surface area contributed by atoms with Crippen LogP contribution in [0.25, 0.3) is 0 Å². The summed E-state index contributed by atoms with van der Waals surface area (Å²) in [6.45, 7) is -4.63. The third-order valence-electron chi connectivity index (χ3n) is 7.25. The number of hydrogen-bond acceptors (Lipinski definition) is 13. The molecule has 0 atom stereocenters. The van der Waals surface area contributed by atoms with Gasteiger partial charge in [0.15, 0.2) is 0 Å². The van der Waals surface area contributed by atoms with E-state index in [1.165, 1.54) is 36.4 Å². The fraction of sp³-hybridized carbons (Fsp3) is 0.500. The maximum Gasteiger partial charge on any atom is 0.254 e. The van der Waals surface area contributed by atoms with Gasteiger partial charge in [-0.2, -0.15) is 0 Å². The summed E-state index contributed by atoms with van der Waals surface area (Å²) in [4.78, 5) is 58.7. The van der Waals surface area contributed by atoms with Crippen LogP contribution in [0.5, 0.6) is 11.5 Å². The van der Waals surface area contributed by atoms with Crippen LogP contribution >= 0.6 is 0 Å². The highest BCUT2D eigenvalue weighted by atomic mass is 16.5. The van der Waals surface area contributed by atoms with Crippen molar-refractivity contribution in [2.24, 2.45) is 0 Å². The van der Waals surface area contributed by atoms with Gasteiger partial charge in [0.25, 0.3) is 23.6 Å². The van der Waals surface area contributed by atoms with Crippen LogP contribution in [0.15, 0.2) is 36.4 Å². The first kappa shape index (κ1) is 41.0. The number of ether oxygens (including phenoxy) is 1. The van der Waals surface area contributed by atoms with Crippen molar-refractivity contribution in [3.05, 3.63) is 58.7 Å². The summed E-state index contributed by atoms with van der Waals surface area (Å²) in [7, 11) is 0. The molecular weight excluding hydrogens is 648 g/mol. The van der Waals surface area contributed by atoms with E-state index in [1.807, 2.05) is 0 Å². The first-order valence-electron chi connectivity index (χ1n) is 15.7. The summed E-state index contributed by atoms with van der Waals surface area (Å²) in [5.41, 5.74) is -0.606. The Hall–Kier alpha value is -4.20. The molecule has 2 aromatic carbocycles. The zero-order valence-electron chi connectivity index (χ0n) is 27.2. The van der Waals surface area contributed by atoms with E-state index in [2.05, 4.69) is 0 Å². The minimum atomic E-state index is -0.738. The van der Waals surface area contributed by atoms with Crippen LogP contribution in [0.4, 0.5) is 0 Å². The Morgan fingerprint density at radius 1 is 0.388 bits per heavy atom. The second-order valence-corrected chi connectivity index (χ2v) is 10.5. The lowest BCUT2D eigenvalue weighted by atomic mass is 10.0. The fourth-order valence-corrected chi connectivity index (χ4v) is 4.94. The van der Waals surface area contributed by atoms with Gasteiger partial charge in [0.1, 0.15) is 11.5 Å². The summed E-state index contributed by atoms with van der Waals surface area (Å²) in [6, 6.07) is 7.77. The molecule has 8 N–H and O–H groups in total. The van der Waals surface area contributed by atoms with E-state index in [4.69, 9.17) is 4.74 Å². The Morgan fingerprint density at radius 3 is 0.837 bits per heavy atom. The molecular formula is C32H46N4O13. The van der Waals surface area contributed by atoms with E-state index < -0.39 is 76.5 Å². The largest absolute Gasteiger partial charge is 0.457 e. The van der Waals surface area contributed by atoms with E-state index in [9.17, 15) is 60.0 Å². The number of hydrogen-bond donors (Lipinski definition) is 8. The van der Waals surface area contributed by atoms with Gasteiger partial charge in [0.2, 0.25) is 0 Å². The Balaban J connectivity index is 2.70. The third-order valence-corrected chi connectivity index (χ3v) is 7.25. The average molecular weight is 695 g/mol. The minimum Gasteiger partial charge on any atom is -0.457 e. The standard InChI is InChI=1S/C32H46N4O13/c37-13-5-33(6-14-38)29(45)25-3-1-23(21-27(25)31(47)35(9-17-41)10-18-42)49-24-2-4-26(30(46)34(7-15-39)8-16-40)28(22-24)32(48)36(11-19-43)12-20-44/h1-4,21-22,37-44H,5-20H2. The molecule has 0 fully saturated rings. The number of amides is 4. The van der Waals surface area contributed by atoms with Crippen molar-refractivity contribution in [3.63, 3.8) is 0 Å². The van der Waals surface area contributed by atoms with Crippen LogP contribution in [0.3, 0.4) is 0 Å². The van der Waals surface area contributed by atoms with Crippen LogP contribution in [0.2, 0.25) is 0 Å². The van der Waals surface area contributed by atoms with Crippen LogP contribution in [-0.2, 0) is 0 Å². The molecule has 0 saturated heterocycles. The normalized spacial score (nSPS) is 10.9. The lowest BCUT2D eigenvalue weighted by molar-refractivity contribution is 0.0648. The molecule has 0 bridgehead atoms. The maximum absolute atomic E-state index is 13.6.